The third-order valence-electron chi connectivity index (χ3n) is 4.64. The topological polar surface area (TPSA) is 61.5 Å². The van der Waals surface area contributed by atoms with Crippen LogP contribution in [0, 0.1) is 5.92 Å². The van der Waals surface area contributed by atoms with E-state index in [2.05, 4.69) is 28.9 Å². The Balaban J connectivity index is 1.42. The Morgan fingerprint density at radius 2 is 2.00 bits per heavy atom. The van der Waals surface area contributed by atoms with Gasteiger partial charge in [-0.3, -0.25) is 14.8 Å². The van der Waals surface area contributed by atoms with Crippen LogP contribution in [0.1, 0.15) is 30.0 Å². The summed E-state index contributed by atoms with van der Waals surface area (Å²) >= 11 is 6.10. The van der Waals surface area contributed by atoms with Crippen LogP contribution in [0.5, 0.6) is 5.75 Å². The van der Waals surface area contributed by atoms with Crippen molar-refractivity contribution in [2.45, 2.75) is 20.3 Å². The van der Waals surface area contributed by atoms with Crippen LogP contribution in [0.15, 0.2) is 30.3 Å². The van der Waals surface area contributed by atoms with Gasteiger partial charge in [-0.15, -0.1) is 0 Å². The van der Waals surface area contributed by atoms with E-state index in [9.17, 15) is 4.79 Å². The van der Waals surface area contributed by atoms with E-state index in [1.807, 2.05) is 35.2 Å². The highest BCUT2D eigenvalue weighted by Gasteiger charge is 2.23. The summed E-state index contributed by atoms with van der Waals surface area (Å²) in [5.41, 5.74) is 1.53. The zero-order chi connectivity index (χ0) is 19.2. The molecule has 1 aliphatic rings. The van der Waals surface area contributed by atoms with Crippen LogP contribution < -0.4 is 4.74 Å². The molecule has 1 N–H and O–H groups in total. The number of aromatic amines is 1. The average molecular weight is 391 g/mol. The van der Waals surface area contributed by atoms with Crippen molar-refractivity contribution in [3.05, 3.63) is 46.7 Å². The lowest BCUT2D eigenvalue weighted by atomic mass is 10.1. The normalized spacial score (nSPS) is 15.3. The van der Waals surface area contributed by atoms with Gasteiger partial charge in [-0.2, -0.15) is 5.10 Å². The maximum absolute atomic E-state index is 12.6. The molecule has 1 amide bonds. The maximum Gasteiger partial charge on any atom is 0.274 e. The molecule has 1 aliphatic heterocycles. The van der Waals surface area contributed by atoms with Crippen LogP contribution in [0.4, 0.5) is 0 Å². The molecule has 6 nitrogen and oxygen atoms in total. The highest BCUT2D eigenvalue weighted by molar-refractivity contribution is 6.32. The molecule has 27 heavy (non-hydrogen) atoms. The van der Waals surface area contributed by atoms with Crippen molar-refractivity contribution in [2.24, 2.45) is 5.92 Å². The second kappa shape index (κ2) is 9.24. The molecule has 0 bridgehead atoms. The highest BCUT2D eigenvalue weighted by Crippen LogP contribution is 2.23. The Morgan fingerprint density at radius 1 is 1.26 bits per heavy atom. The second-order valence-electron chi connectivity index (χ2n) is 7.29. The van der Waals surface area contributed by atoms with Gasteiger partial charge in [0.25, 0.3) is 5.91 Å². The van der Waals surface area contributed by atoms with Crippen LogP contribution in [-0.4, -0.2) is 65.2 Å². The number of amides is 1. The molecule has 1 saturated heterocycles. The van der Waals surface area contributed by atoms with Gasteiger partial charge >= 0.3 is 0 Å². The van der Waals surface area contributed by atoms with Gasteiger partial charge in [0.2, 0.25) is 0 Å². The molecular formula is C20H27ClN4O2. The van der Waals surface area contributed by atoms with Crippen LogP contribution in [0.25, 0.3) is 0 Å². The van der Waals surface area contributed by atoms with Crippen molar-refractivity contribution in [3.8, 4) is 5.75 Å². The summed E-state index contributed by atoms with van der Waals surface area (Å²) < 4.78 is 5.75. The van der Waals surface area contributed by atoms with E-state index in [4.69, 9.17) is 16.3 Å². The minimum atomic E-state index is 0.00761. The molecule has 146 valence electrons. The number of para-hydroxylation sites is 1. The number of aromatic nitrogens is 2. The number of hydrogen-bond acceptors (Lipinski definition) is 4. The van der Waals surface area contributed by atoms with E-state index < -0.39 is 0 Å². The Hall–Kier alpha value is -2.05. The summed E-state index contributed by atoms with van der Waals surface area (Å²) in [6.45, 7) is 8.77. The molecule has 0 radical (unpaired) electrons. The quantitative estimate of drug-likeness (QED) is 0.789. The van der Waals surface area contributed by atoms with Gasteiger partial charge in [0, 0.05) is 38.4 Å². The van der Waals surface area contributed by atoms with Crippen molar-refractivity contribution in [1.82, 2.24) is 20.0 Å². The van der Waals surface area contributed by atoms with Crippen LogP contribution >= 0.6 is 11.6 Å². The van der Waals surface area contributed by atoms with E-state index in [0.717, 1.165) is 31.7 Å². The summed E-state index contributed by atoms with van der Waals surface area (Å²) in [6, 6.07) is 9.37. The van der Waals surface area contributed by atoms with Crippen LogP contribution in [0.3, 0.4) is 0 Å². The van der Waals surface area contributed by atoms with Crippen molar-refractivity contribution < 1.29 is 9.53 Å². The Labute approximate surface area is 165 Å². The maximum atomic E-state index is 12.6. The lowest BCUT2D eigenvalue weighted by molar-refractivity contribution is 0.0614. The van der Waals surface area contributed by atoms with E-state index in [-0.39, 0.29) is 5.91 Å². The summed E-state index contributed by atoms with van der Waals surface area (Å²) in [5.74, 6) is 1.25. The minimum absolute atomic E-state index is 0.00761. The smallest absolute Gasteiger partial charge is 0.274 e. The van der Waals surface area contributed by atoms with Crippen molar-refractivity contribution >= 4 is 17.5 Å². The number of H-pyrrole nitrogens is 1. The lowest BCUT2D eigenvalue weighted by Crippen LogP contribution is -2.49. The van der Waals surface area contributed by atoms with Crippen LogP contribution in [-0.2, 0) is 6.42 Å². The summed E-state index contributed by atoms with van der Waals surface area (Å²) in [6.07, 6.45) is 0.902. The minimum Gasteiger partial charge on any atom is -0.491 e. The molecule has 0 aliphatic carbocycles. The number of ether oxygens (including phenoxy) is 1. The van der Waals surface area contributed by atoms with Crippen molar-refractivity contribution in [1.29, 1.82) is 0 Å². The Morgan fingerprint density at radius 3 is 2.70 bits per heavy atom. The molecule has 0 unspecified atom stereocenters. The third kappa shape index (κ3) is 5.47. The first kappa shape index (κ1) is 19.7. The molecule has 7 heteroatoms. The number of halogens is 1. The predicted molar refractivity (Wildman–Crippen MR) is 106 cm³/mol. The monoisotopic (exact) mass is 390 g/mol. The first-order valence-corrected chi connectivity index (χ1v) is 9.84. The number of nitrogens with zero attached hydrogens (tertiary/aromatic N) is 3. The number of carbonyl (C=O) groups excluding carboxylic acids is 1. The molecular weight excluding hydrogens is 364 g/mol. The van der Waals surface area contributed by atoms with Crippen molar-refractivity contribution in [3.63, 3.8) is 0 Å². The molecule has 1 aromatic carbocycles. The standard InChI is InChI=1S/C20H27ClN4O2/c1-15(2)13-16-14-18(23-22-16)20(26)25-9-7-24(8-10-25)11-12-27-19-6-4-3-5-17(19)21/h3-6,14-15H,7-13H2,1-2H3,(H,22,23). The zero-order valence-electron chi connectivity index (χ0n) is 15.9. The molecule has 1 aromatic heterocycles. The number of benzene rings is 1. The first-order chi connectivity index (χ1) is 13.0. The van der Waals surface area contributed by atoms with E-state index >= 15 is 0 Å². The van der Waals surface area contributed by atoms with Gasteiger partial charge in [-0.1, -0.05) is 37.6 Å². The fraction of sp³-hybridized carbons (Fsp3) is 0.500. The van der Waals surface area contributed by atoms with Gasteiger partial charge in [-0.05, 0) is 30.5 Å². The second-order valence-corrected chi connectivity index (χ2v) is 7.70. The summed E-state index contributed by atoms with van der Waals surface area (Å²) in [7, 11) is 0. The molecule has 1 fully saturated rings. The lowest BCUT2D eigenvalue weighted by Gasteiger charge is -2.34. The Bertz CT molecular complexity index is 754. The van der Waals surface area contributed by atoms with Crippen LogP contribution in [0.2, 0.25) is 5.02 Å². The number of piperazine rings is 1. The number of rotatable bonds is 7. The highest BCUT2D eigenvalue weighted by atomic mass is 35.5. The van der Waals surface area contributed by atoms with Gasteiger partial charge in [0.1, 0.15) is 18.1 Å². The summed E-state index contributed by atoms with van der Waals surface area (Å²) in [4.78, 5) is 16.8. The first-order valence-electron chi connectivity index (χ1n) is 9.46. The molecule has 0 spiro atoms. The largest absolute Gasteiger partial charge is 0.491 e. The van der Waals surface area contributed by atoms with Gasteiger partial charge in [0.15, 0.2) is 0 Å². The number of hydrogen-bond donors (Lipinski definition) is 1. The van der Waals surface area contributed by atoms with Gasteiger partial charge in [0.05, 0.1) is 5.02 Å². The fourth-order valence-corrected chi connectivity index (χ4v) is 3.39. The fourth-order valence-electron chi connectivity index (χ4n) is 3.20. The number of nitrogens with one attached hydrogen (secondary N) is 1. The SMILES string of the molecule is CC(C)Cc1cc(C(=O)N2CCN(CCOc3ccccc3Cl)CC2)n[nH]1. The molecule has 0 saturated carbocycles. The van der Waals surface area contributed by atoms with Crippen molar-refractivity contribution in [2.75, 3.05) is 39.3 Å². The van der Waals surface area contributed by atoms with E-state index in [1.54, 1.807) is 0 Å². The average Bonchev–Trinajstić information content (AvgIpc) is 3.11. The molecule has 2 aromatic rings. The summed E-state index contributed by atoms with van der Waals surface area (Å²) in [5, 5.41) is 7.80. The van der Waals surface area contributed by atoms with Gasteiger partial charge in [-0.25, -0.2) is 0 Å². The molecule has 0 atom stereocenters. The van der Waals surface area contributed by atoms with E-state index in [1.165, 1.54) is 0 Å². The molecule has 3 rings (SSSR count). The van der Waals surface area contributed by atoms with E-state index in [0.29, 0.717) is 42.1 Å². The van der Waals surface area contributed by atoms with Gasteiger partial charge < -0.3 is 9.64 Å². The molecule has 2 heterocycles. The Kier molecular flexibility index (Phi) is 6.74. The third-order valence-corrected chi connectivity index (χ3v) is 4.95. The number of carbonyl (C=O) groups is 1. The zero-order valence-corrected chi connectivity index (χ0v) is 16.7. The predicted octanol–water partition coefficient (Wildman–Crippen LogP) is 3.10.